The van der Waals surface area contributed by atoms with Crippen LogP contribution in [0.15, 0.2) is 12.1 Å². The van der Waals surface area contributed by atoms with Crippen molar-refractivity contribution in [1.29, 1.82) is 5.26 Å². The monoisotopic (exact) mass is 643 g/mol. The first kappa shape index (κ1) is 34.9. The molecule has 0 atom stereocenters. The quantitative estimate of drug-likeness (QED) is 0.0904. The van der Waals surface area contributed by atoms with Gasteiger partial charge < -0.3 is 0 Å². The van der Waals surface area contributed by atoms with Crippen molar-refractivity contribution in [2.24, 2.45) is 0 Å². The molecule has 11 nitrogen and oxygen atoms in total. The van der Waals surface area contributed by atoms with Crippen molar-refractivity contribution in [3.05, 3.63) is 40.4 Å². The highest BCUT2D eigenvalue weighted by atomic mass is 32.2. The zero-order chi connectivity index (χ0) is 32.3. The Morgan fingerprint density at radius 3 is 1.80 bits per heavy atom. The standard InChI is InChI=1S/C31H45N7O4S2/c1-6-8-10-12-14-16-18-43(39,40)36-26-20-23(3)21-27(37-44(41,42)19-17-15-13-11-9-7-2)28(26)30-34-31-29(33-5)25(22-32)24(4)38(31)35-30/h20-21,36-37H,6-19H2,1-4H3,(H,34,35). The molecule has 0 bridgehead atoms. The van der Waals surface area contributed by atoms with Crippen molar-refractivity contribution in [2.45, 2.75) is 105 Å². The first-order valence-electron chi connectivity index (χ1n) is 15.5. The average molecular weight is 644 g/mol. The summed E-state index contributed by atoms with van der Waals surface area (Å²) in [6.07, 6.45) is 11.2. The van der Waals surface area contributed by atoms with Crippen LogP contribution in [0.1, 0.15) is 108 Å². The summed E-state index contributed by atoms with van der Waals surface area (Å²) < 4.78 is 59.8. The fourth-order valence-electron chi connectivity index (χ4n) is 5.27. The minimum Gasteiger partial charge on any atom is -0.283 e. The van der Waals surface area contributed by atoms with Crippen LogP contribution in [-0.2, 0) is 20.0 Å². The molecule has 2 heterocycles. The smallest absolute Gasteiger partial charge is 0.249 e. The average Bonchev–Trinajstić information content (AvgIpc) is 3.48. The van der Waals surface area contributed by atoms with Crippen LogP contribution >= 0.6 is 0 Å². The predicted molar refractivity (Wildman–Crippen MR) is 177 cm³/mol. The molecule has 0 spiro atoms. The largest absolute Gasteiger partial charge is 0.283 e. The van der Waals surface area contributed by atoms with E-state index >= 15 is 0 Å². The van der Waals surface area contributed by atoms with Gasteiger partial charge in [-0.25, -0.2) is 26.7 Å². The highest BCUT2D eigenvalue weighted by molar-refractivity contribution is 7.93. The molecular formula is C31H45N7O4S2. The van der Waals surface area contributed by atoms with Crippen molar-refractivity contribution in [3.63, 3.8) is 0 Å². The minimum atomic E-state index is -3.78. The first-order valence-corrected chi connectivity index (χ1v) is 18.8. The number of hydrogen-bond donors (Lipinski definition) is 3. The van der Waals surface area contributed by atoms with E-state index < -0.39 is 20.0 Å². The Morgan fingerprint density at radius 2 is 1.34 bits per heavy atom. The Morgan fingerprint density at radius 1 is 0.864 bits per heavy atom. The van der Waals surface area contributed by atoms with Gasteiger partial charge in [0.2, 0.25) is 25.7 Å². The van der Waals surface area contributed by atoms with E-state index in [-0.39, 0.29) is 51.2 Å². The molecule has 3 rings (SSSR count). The number of rotatable bonds is 19. The van der Waals surface area contributed by atoms with Crippen LogP contribution in [0.3, 0.4) is 0 Å². The first-order chi connectivity index (χ1) is 21.0. The van der Waals surface area contributed by atoms with Crippen LogP contribution in [0.5, 0.6) is 0 Å². The molecule has 0 fully saturated rings. The van der Waals surface area contributed by atoms with E-state index in [1.54, 1.807) is 26.0 Å². The van der Waals surface area contributed by atoms with E-state index in [1.165, 1.54) is 4.52 Å². The molecule has 0 saturated heterocycles. The Kier molecular flexibility index (Phi) is 12.7. The van der Waals surface area contributed by atoms with Gasteiger partial charge in [0.25, 0.3) is 0 Å². The third-order valence-electron chi connectivity index (χ3n) is 7.60. The van der Waals surface area contributed by atoms with Gasteiger partial charge in [-0.05, 0) is 44.4 Å². The summed E-state index contributed by atoms with van der Waals surface area (Å²) in [5.41, 5.74) is 2.13. The maximum Gasteiger partial charge on any atom is 0.249 e. The van der Waals surface area contributed by atoms with E-state index in [0.29, 0.717) is 24.1 Å². The van der Waals surface area contributed by atoms with E-state index in [2.05, 4.69) is 38.2 Å². The molecule has 2 aromatic heterocycles. The number of aromatic amines is 1. The number of fused-ring (bicyclic) bond motifs is 1. The molecule has 3 N–H and O–H groups in total. The van der Waals surface area contributed by atoms with E-state index in [9.17, 15) is 22.1 Å². The normalized spacial score (nSPS) is 11.9. The highest BCUT2D eigenvalue weighted by Gasteiger charge is 2.25. The number of nitrogens with one attached hydrogen (secondary N) is 3. The number of nitrogens with zero attached hydrogens (tertiary/aromatic N) is 4. The fraction of sp³-hybridized carbons (Fsp3) is 0.581. The van der Waals surface area contributed by atoms with Gasteiger partial charge in [-0.2, -0.15) is 5.26 Å². The van der Waals surface area contributed by atoms with Gasteiger partial charge in [-0.15, -0.1) is 0 Å². The van der Waals surface area contributed by atoms with Crippen LogP contribution in [-0.4, -0.2) is 42.9 Å². The summed E-state index contributed by atoms with van der Waals surface area (Å²) in [5, 5.41) is 12.6. The summed E-state index contributed by atoms with van der Waals surface area (Å²) in [6, 6.07) is 5.31. The SMILES string of the molecule is [C-]#[N+]c1c(C#N)c(C)n2[nH]c(-c3c(NS(=O)(=O)CCCCCCCC)cc(C)cc3NS(=O)(=O)CCCCCCCC)nc12. The van der Waals surface area contributed by atoms with Crippen LogP contribution in [0.25, 0.3) is 21.9 Å². The number of sulfonamides is 2. The second-order valence-corrected chi connectivity index (χ2v) is 15.1. The van der Waals surface area contributed by atoms with Crippen molar-refractivity contribution in [2.75, 3.05) is 20.9 Å². The third-order valence-corrected chi connectivity index (χ3v) is 10.3. The molecule has 13 heteroatoms. The topological polar surface area (TPSA) is 154 Å². The zero-order valence-corrected chi connectivity index (χ0v) is 27.9. The molecule has 0 aliphatic carbocycles. The predicted octanol–water partition coefficient (Wildman–Crippen LogP) is 7.57. The van der Waals surface area contributed by atoms with Crippen LogP contribution in [0.2, 0.25) is 0 Å². The number of hydrogen-bond acceptors (Lipinski definition) is 6. The van der Waals surface area contributed by atoms with Gasteiger partial charge in [0.15, 0.2) is 11.5 Å². The van der Waals surface area contributed by atoms with E-state index in [1.807, 2.05) is 6.07 Å². The third kappa shape index (κ3) is 9.23. The highest BCUT2D eigenvalue weighted by Crippen LogP contribution is 2.39. The zero-order valence-electron chi connectivity index (χ0n) is 26.3. The van der Waals surface area contributed by atoms with Crippen LogP contribution < -0.4 is 9.44 Å². The fourth-order valence-corrected chi connectivity index (χ4v) is 7.64. The lowest BCUT2D eigenvalue weighted by Gasteiger charge is -2.18. The molecule has 0 amide bonds. The molecule has 240 valence electrons. The molecule has 0 radical (unpaired) electrons. The van der Waals surface area contributed by atoms with Gasteiger partial charge in [-0.3, -0.25) is 19.1 Å². The van der Waals surface area contributed by atoms with Gasteiger partial charge in [0.05, 0.1) is 46.6 Å². The number of benzene rings is 1. The van der Waals surface area contributed by atoms with Crippen molar-refractivity contribution < 1.29 is 16.8 Å². The molecule has 0 aliphatic heterocycles. The van der Waals surface area contributed by atoms with E-state index in [0.717, 1.165) is 64.2 Å². The van der Waals surface area contributed by atoms with Gasteiger partial charge in [0, 0.05) is 5.69 Å². The molecule has 0 aliphatic rings. The lowest BCUT2D eigenvalue weighted by Crippen LogP contribution is -2.20. The number of unbranched alkanes of at least 4 members (excludes halogenated alkanes) is 10. The number of anilines is 2. The number of nitriles is 1. The number of aromatic nitrogens is 3. The second-order valence-electron chi connectivity index (χ2n) is 11.4. The van der Waals surface area contributed by atoms with Crippen LogP contribution in [0, 0.1) is 31.8 Å². The Balaban J connectivity index is 2.01. The minimum absolute atomic E-state index is 0.0648. The summed E-state index contributed by atoms with van der Waals surface area (Å²) in [7, 11) is -7.55. The molecule has 3 aromatic rings. The summed E-state index contributed by atoms with van der Waals surface area (Å²) in [4.78, 5) is 8.07. The lowest BCUT2D eigenvalue weighted by atomic mass is 10.1. The summed E-state index contributed by atoms with van der Waals surface area (Å²) in [5.74, 6) is 0.0165. The maximum atomic E-state index is 13.2. The maximum absolute atomic E-state index is 13.2. The van der Waals surface area contributed by atoms with Gasteiger partial charge in [-0.1, -0.05) is 78.1 Å². The lowest BCUT2D eigenvalue weighted by molar-refractivity contribution is 0.587. The van der Waals surface area contributed by atoms with Crippen molar-refractivity contribution >= 4 is 42.8 Å². The van der Waals surface area contributed by atoms with Crippen molar-refractivity contribution in [1.82, 2.24) is 14.6 Å². The summed E-state index contributed by atoms with van der Waals surface area (Å²) in [6.45, 7) is 15.3. The molecule has 1 aromatic carbocycles. The van der Waals surface area contributed by atoms with Crippen molar-refractivity contribution in [3.8, 4) is 17.5 Å². The molecule has 0 saturated carbocycles. The Hall–Kier alpha value is -3.55. The van der Waals surface area contributed by atoms with Crippen LogP contribution in [0.4, 0.5) is 17.1 Å². The van der Waals surface area contributed by atoms with Gasteiger partial charge >= 0.3 is 0 Å². The number of H-pyrrole nitrogens is 1. The van der Waals surface area contributed by atoms with Gasteiger partial charge in [0.1, 0.15) is 0 Å². The Labute approximate surface area is 262 Å². The molecule has 44 heavy (non-hydrogen) atoms. The molecule has 0 unspecified atom stereocenters. The Bertz CT molecular complexity index is 1660. The van der Waals surface area contributed by atoms with E-state index in [4.69, 9.17) is 6.57 Å². The second kappa shape index (κ2) is 16.0. The summed E-state index contributed by atoms with van der Waals surface area (Å²) >= 11 is 0. The molecular weight excluding hydrogens is 599 g/mol. The number of aryl methyl sites for hydroxylation is 2.